The van der Waals surface area contributed by atoms with Gasteiger partial charge in [-0.25, -0.2) is 4.79 Å². The number of carboxylic acid groups (broad SMARTS) is 1. The molecule has 2 heterocycles. The minimum Gasteiger partial charge on any atom is -0.480 e. The first-order valence-electron chi connectivity index (χ1n) is 6.56. The molecule has 1 saturated heterocycles. The van der Waals surface area contributed by atoms with Crippen LogP contribution in [0.4, 0.5) is 0 Å². The van der Waals surface area contributed by atoms with Gasteiger partial charge in [-0.3, -0.25) is 9.78 Å². The normalized spacial score (nSPS) is 18.4. The van der Waals surface area contributed by atoms with Crippen LogP contribution in [0.25, 0.3) is 10.8 Å². The van der Waals surface area contributed by atoms with Crippen LogP contribution in [0.2, 0.25) is 0 Å². The molecule has 1 N–H and O–H groups in total. The topological polar surface area (TPSA) is 70.5 Å². The number of amides is 1. The van der Waals surface area contributed by atoms with E-state index < -0.39 is 12.0 Å². The molecule has 0 radical (unpaired) electrons. The minimum atomic E-state index is -0.948. The van der Waals surface area contributed by atoms with Crippen molar-refractivity contribution < 1.29 is 14.7 Å². The number of nitrogens with zero attached hydrogens (tertiary/aromatic N) is 2. The number of carboxylic acids is 1. The van der Waals surface area contributed by atoms with Crippen molar-refractivity contribution in [3.8, 4) is 0 Å². The molecular formula is C15H14N2O3. The Morgan fingerprint density at radius 1 is 1.25 bits per heavy atom. The van der Waals surface area contributed by atoms with Crippen LogP contribution >= 0.6 is 0 Å². The number of aromatic nitrogens is 1. The summed E-state index contributed by atoms with van der Waals surface area (Å²) in [6.45, 7) is 0.473. The van der Waals surface area contributed by atoms with E-state index in [1.54, 1.807) is 6.20 Å². The summed E-state index contributed by atoms with van der Waals surface area (Å²) >= 11 is 0. The predicted octanol–water partition coefficient (Wildman–Crippen LogP) is 1.92. The Hall–Kier alpha value is -2.43. The van der Waals surface area contributed by atoms with Crippen LogP contribution in [-0.2, 0) is 4.79 Å². The van der Waals surface area contributed by atoms with Crippen molar-refractivity contribution in [3.05, 3.63) is 42.2 Å². The number of pyridine rings is 1. The molecule has 102 valence electrons. The number of likely N-dealkylation sites (tertiary alicyclic amines) is 1. The van der Waals surface area contributed by atoms with E-state index in [1.165, 1.54) is 4.90 Å². The second-order valence-corrected chi connectivity index (χ2v) is 4.88. The van der Waals surface area contributed by atoms with Crippen LogP contribution in [0.15, 0.2) is 36.5 Å². The second kappa shape index (κ2) is 4.92. The highest BCUT2D eigenvalue weighted by Crippen LogP contribution is 2.23. The maximum Gasteiger partial charge on any atom is 0.326 e. The quantitative estimate of drug-likeness (QED) is 0.905. The molecule has 1 aliphatic heterocycles. The minimum absolute atomic E-state index is 0.299. The van der Waals surface area contributed by atoms with Gasteiger partial charge in [-0.05, 0) is 24.3 Å². The average molecular weight is 270 g/mol. The van der Waals surface area contributed by atoms with E-state index in [9.17, 15) is 14.7 Å². The molecule has 0 spiro atoms. The maximum absolute atomic E-state index is 12.6. The predicted molar refractivity (Wildman–Crippen MR) is 73.4 cm³/mol. The molecule has 1 atom stereocenters. The molecule has 3 rings (SSSR count). The van der Waals surface area contributed by atoms with Gasteiger partial charge in [0.2, 0.25) is 0 Å². The van der Waals surface area contributed by atoms with Crippen LogP contribution in [0.1, 0.15) is 23.3 Å². The van der Waals surface area contributed by atoms with E-state index in [4.69, 9.17) is 0 Å². The third-order valence-electron chi connectivity index (χ3n) is 3.67. The van der Waals surface area contributed by atoms with Crippen molar-refractivity contribution in [2.45, 2.75) is 18.9 Å². The first-order valence-corrected chi connectivity index (χ1v) is 6.56. The summed E-state index contributed by atoms with van der Waals surface area (Å²) < 4.78 is 0. The summed E-state index contributed by atoms with van der Waals surface area (Å²) in [6.07, 6.45) is 2.81. The molecule has 1 aliphatic rings. The first kappa shape index (κ1) is 12.6. The lowest BCUT2D eigenvalue weighted by atomic mass is 10.1. The second-order valence-electron chi connectivity index (χ2n) is 4.88. The molecule has 0 aliphatic carbocycles. The molecule has 0 bridgehead atoms. The third-order valence-corrected chi connectivity index (χ3v) is 3.67. The lowest BCUT2D eigenvalue weighted by Gasteiger charge is -2.21. The largest absolute Gasteiger partial charge is 0.480 e. The van der Waals surface area contributed by atoms with Gasteiger partial charge in [0, 0.05) is 18.1 Å². The van der Waals surface area contributed by atoms with Crippen molar-refractivity contribution in [3.63, 3.8) is 0 Å². The van der Waals surface area contributed by atoms with Gasteiger partial charge >= 0.3 is 5.97 Å². The van der Waals surface area contributed by atoms with Gasteiger partial charge in [0.15, 0.2) is 0 Å². The zero-order valence-electron chi connectivity index (χ0n) is 10.8. The van der Waals surface area contributed by atoms with Crippen molar-refractivity contribution >= 4 is 22.6 Å². The fraction of sp³-hybridized carbons (Fsp3) is 0.267. The summed E-state index contributed by atoms with van der Waals surface area (Å²) in [7, 11) is 0. The van der Waals surface area contributed by atoms with Crippen LogP contribution < -0.4 is 0 Å². The lowest BCUT2D eigenvalue weighted by molar-refractivity contribution is -0.141. The standard InChI is InChI=1S/C15H14N2O3/c18-14(17-9-3-6-12(17)15(19)20)13-11-5-2-1-4-10(11)7-8-16-13/h1-2,4-5,7-8,12H,3,6,9H2,(H,19,20). The lowest BCUT2D eigenvalue weighted by Crippen LogP contribution is -2.40. The van der Waals surface area contributed by atoms with E-state index in [1.807, 2.05) is 30.3 Å². The fourth-order valence-electron chi connectivity index (χ4n) is 2.69. The van der Waals surface area contributed by atoms with Gasteiger partial charge < -0.3 is 10.0 Å². The van der Waals surface area contributed by atoms with E-state index in [-0.39, 0.29) is 5.91 Å². The van der Waals surface area contributed by atoms with Gasteiger partial charge in [-0.15, -0.1) is 0 Å². The molecule has 2 aromatic rings. The number of hydrogen-bond donors (Lipinski definition) is 1. The Morgan fingerprint density at radius 2 is 2.05 bits per heavy atom. The van der Waals surface area contributed by atoms with Gasteiger partial charge in [-0.2, -0.15) is 0 Å². The zero-order chi connectivity index (χ0) is 14.1. The molecule has 1 amide bonds. The number of hydrogen-bond acceptors (Lipinski definition) is 3. The van der Waals surface area contributed by atoms with Gasteiger partial charge in [0.25, 0.3) is 5.91 Å². The number of benzene rings is 1. The van der Waals surface area contributed by atoms with Crippen molar-refractivity contribution in [2.24, 2.45) is 0 Å². The van der Waals surface area contributed by atoms with E-state index in [0.29, 0.717) is 25.1 Å². The summed E-state index contributed by atoms with van der Waals surface area (Å²) in [6, 6.07) is 8.59. The molecule has 0 saturated carbocycles. The summed E-state index contributed by atoms with van der Waals surface area (Å²) in [5.41, 5.74) is 0.330. The number of fused-ring (bicyclic) bond motifs is 1. The van der Waals surface area contributed by atoms with Gasteiger partial charge in [-0.1, -0.05) is 24.3 Å². The molecule has 5 nitrogen and oxygen atoms in total. The summed E-state index contributed by atoms with van der Waals surface area (Å²) in [4.78, 5) is 29.3. The fourth-order valence-corrected chi connectivity index (χ4v) is 2.69. The van der Waals surface area contributed by atoms with Crippen molar-refractivity contribution in [1.82, 2.24) is 9.88 Å². The Kier molecular flexibility index (Phi) is 3.10. The monoisotopic (exact) mass is 270 g/mol. The highest BCUT2D eigenvalue weighted by molar-refractivity contribution is 6.06. The van der Waals surface area contributed by atoms with Crippen LogP contribution in [0.5, 0.6) is 0 Å². The number of aliphatic carboxylic acids is 1. The van der Waals surface area contributed by atoms with Crippen molar-refractivity contribution in [1.29, 1.82) is 0 Å². The third kappa shape index (κ3) is 2.01. The molecule has 5 heteroatoms. The Balaban J connectivity index is 2.03. The van der Waals surface area contributed by atoms with Crippen LogP contribution in [0, 0.1) is 0 Å². The molecule has 20 heavy (non-hydrogen) atoms. The molecule has 1 fully saturated rings. The summed E-state index contributed by atoms with van der Waals surface area (Å²) in [5, 5.41) is 10.9. The van der Waals surface area contributed by atoms with Crippen LogP contribution in [0.3, 0.4) is 0 Å². The van der Waals surface area contributed by atoms with Gasteiger partial charge in [0.05, 0.1) is 0 Å². The molecule has 1 unspecified atom stereocenters. The highest BCUT2D eigenvalue weighted by atomic mass is 16.4. The molecular weight excluding hydrogens is 256 g/mol. The van der Waals surface area contributed by atoms with E-state index >= 15 is 0 Å². The van der Waals surface area contributed by atoms with Gasteiger partial charge in [0.1, 0.15) is 11.7 Å². The molecule has 1 aromatic heterocycles. The van der Waals surface area contributed by atoms with E-state index in [0.717, 1.165) is 10.8 Å². The number of carbonyl (C=O) groups excluding carboxylic acids is 1. The first-order chi connectivity index (χ1) is 9.68. The number of carbonyl (C=O) groups is 2. The summed E-state index contributed by atoms with van der Waals surface area (Å²) in [5.74, 6) is -1.25. The highest BCUT2D eigenvalue weighted by Gasteiger charge is 2.35. The Labute approximate surface area is 115 Å². The number of rotatable bonds is 2. The SMILES string of the molecule is O=C(O)C1CCCN1C(=O)c1nccc2ccccc12. The Bertz CT molecular complexity index is 678. The molecule has 1 aromatic carbocycles. The van der Waals surface area contributed by atoms with Crippen LogP contribution in [-0.4, -0.2) is 39.5 Å². The van der Waals surface area contributed by atoms with Crippen molar-refractivity contribution in [2.75, 3.05) is 6.54 Å². The maximum atomic E-state index is 12.6. The average Bonchev–Trinajstić information content (AvgIpc) is 2.95. The Morgan fingerprint density at radius 3 is 2.85 bits per heavy atom. The van der Waals surface area contributed by atoms with E-state index in [2.05, 4.69) is 4.98 Å². The smallest absolute Gasteiger partial charge is 0.326 e. The zero-order valence-corrected chi connectivity index (χ0v) is 10.8.